The SMILES string of the molecule is OCOCP. The summed E-state index contributed by atoms with van der Waals surface area (Å²) in [6, 6.07) is 0. The lowest BCUT2D eigenvalue weighted by atomic mass is 11.4. The van der Waals surface area contributed by atoms with Gasteiger partial charge in [-0.3, -0.25) is 0 Å². The van der Waals surface area contributed by atoms with E-state index in [2.05, 4.69) is 14.0 Å². The Morgan fingerprint density at radius 2 is 2.40 bits per heavy atom. The number of aliphatic hydroxyl groups is 1. The fourth-order valence-electron chi connectivity index (χ4n) is 0.0527. The van der Waals surface area contributed by atoms with Crippen LogP contribution in [0.15, 0.2) is 0 Å². The standard InChI is InChI=1S/C2H7O2P/c3-1-4-2-5/h3H,1-2,5H2. The predicted molar refractivity (Wildman–Crippen MR) is 22.7 cm³/mol. The summed E-state index contributed by atoms with van der Waals surface area (Å²) in [4.78, 5) is 0. The largest absolute Gasteiger partial charge is 0.371 e. The van der Waals surface area contributed by atoms with E-state index < -0.39 is 0 Å². The molecule has 0 saturated carbocycles. The van der Waals surface area contributed by atoms with Gasteiger partial charge in [0.1, 0.15) is 6.79 Å². The smallest absolute Gasteiger partial charge is 0.143 e. The normalized spacial score (nSPS) is 8.40. The number of aliphatic hydroxyl groups excluding tert-OH is 1. The molecule has 1 unspecified atom stereocenters. The van der Waals surface area contributed by atoms with Crippen molar-refractivity contribution in [2.45, 2.75) is 0 Å². The highest BCUT2D eigenvalue weighted by atomic mass is 31.0. The summed E-state index contributed by atoms with van der Waals surface area (Å²) in [7, 11) is 2.32. The lowest BCUT2D eigenvalue weighted by Crippen LogP contribution is -1.85. The molecule has 2 nitrogen and oxygen atoms in total. The monoisotopic (exact) mass is 94.0 g/mol. The molecule has 1 atom stereocenters. The van der Waals surface area contributed by atoms with E-state index in [1.165, 1.54) is 0 Å². The zero-order valence-corrected chi connectivity index (χ0v) is 4.00. The van der Waals surface area contributed by atoms with Crippen LogP contribution in [0, 0.1) is 0 Å². The van der Waals surface area contributed by atoms with E-state index in [0.29, 0.717) is 6.35 Å². The number of hydrogen-bond acceptors (Lipinski definition) is 2. The molecule has 5 heavy (non-hydrogen) atoms. The molecule has 0 aliphatic rings. The van der Waals surface area contributed by atoms with Crippen molar-refractivity contribution in [2.24, 2.45) is 0 Å². The molecule has 0 aromatic carbocycles. The summed E-state index contributed by atoms with van der Waals surface area (Å²) in [6.45, 7) is -0.177. The van der Waals surface area contributed by atoms with Gasteiger partial charge >= 0.3 is 0 Å². The van der Waals surface area contributed by atoms with Crippen molar-refractivity contribution in [3.05, 3.63) is 0 Å². The van der Waals surface area contributed by atoms with E-state index in [9.17, 15) is 0 Å². The first-order chi connectivity index (χ1) is 2.41. The highest BCUT2D eigenvalue weighted by molar-refractivity contribution is 7.16. The Labute approximate surface area is 33.3 Å². The van der Waals surface area contributed by atoms with Gasteiger partial charge in [-0.15, -0.1) is 9.24 Å². The molecule has 0 rings (SSSR count). The Morgan fingerprint density at radius 1 is 1.80 bits per heavy atom. The topological polar surface area (TPSA) is 29.5 Å². The molecule has 32 valence electrons. The summed E-state index contributed by atoms with van der Waals surface area (Å²) in [5.74, 6) is 0. The minimum Gasteiger partial charge on any atom is -0.371 e. The molecule has 0 saturated heterocycles. The third kappa shape index (κ3) is 4.35. The lowest BCUT2D eigenvalue weighted by Gasteiger charge is -1.85. The lowest BCUT2D eigenvalue weighted by molar-refractivity contribution is 0.0237. The van der Waals surface area contributed by atoms with Crippen LogP contribution in [0.5, 0.6) is 0 Å². The summed E-state index contributed by atoms with van der Waals surface area (Å²) < 4.78 is 4.35. The van der Waals surface area contributed by atoms with E-state index in [1.807, 2.05) is 0 Å². The van der Waals surface area contributed by atoms with E-state index in [4.69, 9.17) is 5.11 Å². The summed E-state index contributed by atoms with van der Waals surface area (Å²) >= 11 is 0. The van der Waals surface area contributed by atoms with Crippen LogP contribution in [-0.4, -0.2) is 18.2 Å². The highest BCUT2D eigenvalue weighted by Gasteiger charge is 1.64. The summed E-state index contributed by atoms with van der Waals surface area (Å²) in [6.07, 6.45) is 0.510. The van der Waals surface area contributed by atoms with E-state index in [1.54, 1.807) is 0 Å². The van der Waals surface area contributed by atoms with Crippen LogP contribution in [0.4, 0.5) is 0 Å². The van der Waals surface area contributed by atoms with Crippen molar-refractivity contribution in [3.8, 4) is 0 Å². The Kier molecular flexibility index (Phi) is 4.65. The maximum absolute atomic E-state index is 7.83. The third-order valence-corrected chi connectivity index (χ3v) is 0.445. The van der Waals surface area contributed by atoms with Crippen LogP contribution in [-0.2, 0) is 4.74 Å². The summed E-state index contributed by atoms with van der Waals surface area (Å²) in [5, 5.41) is 7.83. The molecule has 0 spiro atoms. The molecule has 0 heterocycles. The molecule has 0 aromatic heterocycles. The van der Waals surface area contributed by atoms with Gasteiger partial charge in [-0.05, 0) is 0 Å². The number of rotatable bonds is 2. The minimum atomic E-state index is -0.177. The van der Waals surface area contributed by atoms with Crippen molar-refractivity contribution in [1.82, 2.24) is 0 Å². The van der Waals surface area contributed by atoms with Gasteiger partial charge in [0.15, 0.2) is 0 Å². The van der Waals surface area contributed by atoms with E-state index in [-0.39, 0.29) is 6.79 Å². The Balaban J connectivity index is 2.19. The van der Waals surface area contributed by atoms with Crippen LogP contribution in [0.2, 0.25) is 0 Å². The molecular formula is C2H7O2P. The fourth-order valence-corrected chi connectivity index (χ4v) is 0.158. The average Bonchev–Trinajstić information content (AvgIpc) is 1.41. The van der Waals surface area contributed by atoms with Gasteiger partial charge in [0, 0.05) is 0 Å². The maximum Gasteiger partial charge on any atom is 0.143 e. The molecule has 0 amide bonds. The van der Waals surface area contributed by atoms with E-state index in [0.717, 1.165) is 0 Å². The van der Waals surface area contributed by atoms with Gasteiger partial charge in [0.2, 0.25) is 0 Å². The molecule has 0 aliphatic carbocycles. The molecule has 1 N–H and O–H groups in total. The second-order valence-corrected chi connectivity index (χ2v) is 0.833. The second-order valence-electron chi connectivity index (χ2n) is 0.500. The van der Waals surface area contributed by atoms with Gasteiger partial charge in [-0.25, -0.2) is 0 Å². The first-order valence-corrected chi connectivity index (χ1v) is 2.12. The zero-order chi connectivity index (χ0) is 4.12. The third-order valence-electron chi connectivity index (χ3n) is 0.209. The van der Waals surface area contributed by atoms with Crippen LogP contribution >= 0.6 is 9.24 Å². The van der Waals surface area contributed by atoms with Crippen LogP contribution in [0.1, 0.15) is 0 Å². The van der Waals surface area contributed by atoms with Crippen molar-refractivity contribution in [2.75, 3.05) is 13.1 Å². The predicted octanol–water partition coefficient (Wildman–Crippen LogP) is -0.215. The zero-order valence-electron chi connectivity index (χ0n) is 2.85. The quantitative estimate of drug-likeness (QED) is 0.379. The molecule has 0 bridgehead atoms. The Morgan fingerprint density at radius 3 is 2.40 bits per heavy atom. The van der Waals surface area contributed by atoms with E-state index >= 15 is 0 Å². The van der Waals surface area contributed by atoms with Crippen LogP contribution in [0.3, 0.4) is 0 Å². The van der Waals surface area contributed by atoms with Gasteiger partial charge in [-0.1, -0.05) is 0 Å². The first-order valence-electron chi connectivity index (χ1n) is 1.30. The van der Waals surface area contributed by atoms with Gasteiger partial charge in [-0.2, -0.15) is 0 Å². The van der Waals surface area contributed by atoms with Crippen molar-refractivity contribution in [1.29, 1.82) is 0 Å². The van der Waals surface area contributed by atoms with Gasteiger partial charge in [0.25, 0.3) is 0 Å². The van der Waals surface area contributed by atoms with Gasteiger partial charge in [0.05, 0.1) is 6.35 Å². The fraction of sp³-hybridized carbons (Fsp3) is 1.00. The molecule has 0 fully saturated rings. The number of ether oxygens (including phenoxy) is 1. The molecule has 0 aliphatic heterocycles. The molecule has 0 aromatic rings. The molecule has 0 radical (unpaired) electrons. The van der Waals surface area contributed by atoms with Crippen LogP contribution in [0.25, 0.3) is 0 Å². The molecule has 3 heteroatoms. The van der Waals surface area contributed by atoms with Gasteiger partial charge < -0.3 is 9.84 Å². The minimum absolute atomic E-state index is 0.177. The van der Waals surface area contributed by atoms with Crippen molar-refractivity contribution in [3.63, 3.8) is 0 Å². The first kappa shape index (κ1) is 5.35. The maximum atomic E-state index is 7.83. The van der Waals surface area contributed by atoms with Crippen LogP contribution < -0.4 is 0 Å². The highest BCUT2D eigenvalue weighted by Crippen LogP contribution is 1.77. The number of hydrogen-bond donors (Lipinski definition) is 1. The average molecular weight is 94.0 g/mol. The van der Waals surface area contributed by atoms with Crippen molar-refractivity contribution < 1.29 is 9.84 Å². The second kappa shape index (κ2) is 4.35. The Hall–Kier alpha value is 0.350. The van der Waals surface area contributed by atoms with Crippen molar-refractivity contribution >= 4 is 9.24 Å². The summed E-state index contributed by atoms with van der Waals surface area (Å²) in [5.41, 5.74) is 0. The molecular weight excluding hydrogens is 87.0 g/mol. The Bertz CT molecular complexity index is 15.1.